The van der Waals surface area contributed by atoms with Crippen molar-refractivity contribution in [2.75, 3.05) is 0 Å². The number of halogens is 1. The van der Waals surface area contributed by atoms with Gasteiger partial charge in [0.25, 0.3) is 0 Å². The Kier molecular flexibility index (Phi) is 4.56. The van der Waals surface area contributed by atoms with Gasteiger partial charge in [-0.1, -0.05) is 31.5 Å². The molecule has 3 heteroatoms. The van der Waals surface area contributed by atoms with Crippen LogP contribution in [0.25, 0.3) is 11.1 Å². The molecule has 100 valence electrons. The van der Waals surface area contributed by atoms with Crippen LogP contribution in [0.3, 0.4) is 0 Å². The van der Waals surface area contributed by atoms with Crippen molar-refractivity contribution in [3.05, 3.63) is 52.8 Å². The molecule has 0 atom stereocenters. The number of hydrogen-bond acceptors (Lipinski definition) is 2. The zero-order chi connectivity index (χ0) is 13.8. The fourth-order valence-electron chi connectivity index (χ4n) is 2.06. The first-order valence-corrected chi connectivity index (χ1v) is 6.88. The minimum atomic E-state index is 0.449. The van der Waals surface area contributed by atoms with E-state index in [1.165, 1.54) is 22.3 Å². The normalized spacial score (nSPS) is 11.0. The van der Waals surface area contributed by atoms with Gasteiger partial charge in [-0.3, -0.25) is 4.98 Å². The summed E-state index contributed by atoms with van der Waals surface area (Å²) in [5.41, 5.74) is 4.83. The summed E-state index contributed by atoms with van der Waals surface area (Å²) in [4.78, 5) is 4.15. The number of nitrogens with one attached hydrogen (secondary N) is 1. The zero-order valence-corrected chi connectivity index (χ0v) is 12.3. The second kappa shape index (κ2) is 6.18. The number of nitrogens with zero attached hydrogens (tertiary/aromatic N) is 1. The predicted molar refractivity (Wildman–Crippen MR) is 81.4 cm³/mol. The average Bonchev–Trinajstić information content (AvgIpc) is 2.37. The van der Waals surface area contributed by atoms with Gasteiger partial charge >= 0.3 is 0 Å². The number of hydrogen-bond donors (Lipinski definition) is 1. The van der Waals surface area contributed by atoms with Crippen LogP contribution in [0, 0.1) is 6.92 Å². The third kappa shape index (κ3) is 3.55. The molecule has 0 amide bonds. The van der Waals surface area contributed by atoms with Crippen molar-refractivity contribution in [3.8, 4) is 11.1 Å². The van der Waals surface area contributed by atoms with E-state index >= 15 is 0 Å². The van der Waals surface area contributed by atoms with Crippen LogP contribution in [0.1, 0.15) is 25.0 Å². The van der Waals surface area contributed by atoms with E-state index in [2.05, 4.69) is 43.2 Å². The maximum Gasteiger partial charge on any atom is 0.0409 e. The summed E-state index contributed by atoms with van der Waals surface area (Å²) in [6.07, 6.45) is 3.72. The fraction of sp³-hybridized carbons (Fsp3) is 0.312. The summed E-state index contributed by atoms with van der Waals surface area (Å²) in [5.74, 6) is 0. The second-order valence-electron chi connectivity index (χ2n) is 5.03. The van der Waals surface area contributed by atoms with Crippen LogP contribution in [0.2, 0.25) is 5.02 Å². The zero-order valence-electron chi connectivity index (χ0n) is 11.6. The van der Waals surface area contributed by atoms with Crippen molar-refractivity contribution < 1.29 is 0 Å². The number of benzene rings is 1. The fourth-order valence-corrected chi connectivity index (χ4v) is 2.26. The first kappa shape index (κ1) is 14.0. The highest BCUT2D eigenvalue weighted by molar-refractivity contribution is 6.30. The maximum absolute atomic E-state index is 6.12. The van der Waals surface area contributed by atoms with Crippen molar-refractivity contribution in [2.45, 2.75) is 33.4 Å². The molecule has 1 aromatic carbocycles. The van der Waals surface area contributed by atoms with Crippen LogP contribution in [0.4, 0.5) is 0 Å². The summed E-state index contributed by atoms with van der Waals surface area (Å²) in [5, 5.41) is 4.22. The van der Waals surface area contributed by atoms with Gasteiger partial charge in [0.15, 0.2) is 0 Å². The summed E-state index contributed by atoms with van der Waals surface area (Å²) < 4.78 is 0. The minimum Gasteiger partial charge on any atom is -0.310 e. The first-order chi connectivity index (χ1) is 9.08. The molecule has 0 bridgehead atoms. The Morgan fingerprint density at radius 2 is 2.00 bits per heavy atom. The lowest BCUT2D eigenvalue weighted by atomic mass is 9.97. The largest absolute Gasteiger partial charge is 0.310 e. The third-order valence-corrected chi connectivity index (χ3v) is 3.31. The van der Waals surface area contributed by atoms with Crippen molar-refractivity contribution in [2.24, 2.45) is 0 Å². The molecule has 2 aromatic rings. The van der Waals surface area contributed by atoms with Gasteiger partial charge in [-0.25, -0.2) is 0 Å². The van der Waals surface area contributed by atoms with Gasteiger partial charge < -0.3 is 5.32 Å². The molecule has 2 nitrogen and oxygen atoms in total. The number of rotatable bonds is 4. The van der Waals surface area contributed by atoms with Gasteiger partial charge in [0.2, 0.25) is 0 Å². The quantitative estimate of drug-likeness (QED) is 0.903. The molecule has 0 aliphatic rings. The topological polar surface area (TPSA) is 24.9 Å². The third-order valence-electron chi connectivity index (χ3n) is 3.08. The summed E-state index contributed by atoms with van der Waals surface area (Å²) in [6.45, 7) is 7.18. The van der Waals surface area contributed by atoms with Crippen molar-refractivity contribution in [1.29, 1.82) is 0 Å². The number of pyridine rings is 1. The Morgan fingerprint density at radius 1 is 1.21 bits per heavy atom. The SMILES string of the molecule is Cc1cnccc1-c1ccc(Cl)cc1CNC(C)C. The summed E-state index contributed by atoms with van der Waals surface area (Å²) in [6, 6.07) is 8.56. The molecule has 2 rings (SSSR count). The van der Waals surface area contributed by atoms with Crippen LogP contribution in [0.15, 0.2) is 36.7 Å². The Labute approximate surface area is 119 Å². The first-order valence-electron chi connectivity index (χ1n) is 6.50. The van der Waals surface area contributed by atoms with E-state index in [1.54, 1.807) is 0 Å². The van der Waals surface area contributed by atoms with E-state index in [0.29, 0.717) is 6.04 Å². The standard InChI is InChI=1S/C16H19ClN2/c1-11(2)19-10-13-8-14(17)4-5-16(13)15-6-7-18-9-12(15)3/h4-9,11,19H,10H2,1-3H3. The van der Waals surface area contributed by atoms with Gasteiger partial charge in [-0.15, -0.1) is 0 Å². The van der Waals surface area contributed by atoms with Crippen LogP contribution in [-0.4, -0.2) is 11.0 Å². The molecule has 0 saturated heterocycles. The molecule has 19 heavy (non-hydrogen) atoms. The smallest absolute Gasteiger partial charge is 0.0409 e. The van der Waals surface area contributed by atoms with Crippen molar-refractivity contribution >= 4 is 11.6 Å². The predicted octanol–water partition coefficient (Wildman–Crippen LogP) is 4.21. The molecule has 0 aliphatic carbocycles. The lowest BCUT2D eigenvalue weighted by Crippen LogP contribution is -2.22. The minimum absolute atomic E-state index is 0.449. The van der Waals surface area contributed by atoms with Crippen LogP contribution >= 0.6 is 11.6 Å². The Bertz CT molecular complexity index is 564. The van der Waals surface area contributed by atoms with Gasteiger partial charge in [0, 0.05) is 30.0 Å². The molecule has 1 N–H and O–H groups in total. The van der Waals surface area contributed by atoms with Gasteiger partial charge in [0.05, 0.1) is 0 Å². The maximum atomic E-state index is 6.12. The summed E-state index contributed by atoms with van der Waals surface area (Å²) >= 11 is 6.12. The molecule has 0 unspecified atom stereocenters. The van der Waals surface area contributed by atoms with Crippen LogP contribution in [0.5, 0.6) is 0 Å². The van der Waals surface area contributed by atoms with Gasteiger partial charge in [-0.05, 0) is 47.4 Å². The van der Waals surface area contributed by atoms with E-state index in [1.807, 2.05) is 24.5 Å². The molecule has 1 heterocycles. The second-order valence-corrected chi connectivity index (χ2v) is 5.46. The van der Waals surface area contributed by atoms with Gasteiger partial charge in [-0.2, -0.15) is 0 Å². The molecule has 0 radical (unpaired) electrons. The van der Waals surface area contributed by atoms with Crippen LogP contribution < -0.4 is 5.32 Å². The molecule has 0 saturated carbocycles. The van der Waals surface area contributed by atoms with E-state index in [-0.39, 0.29) is 0 Å². The monoisotopic (exact) mass is 274 g/mol. The molecular weight excluding hydrogens is 256 g/mol. The van der Waals surface area contributed by atoms with E-state index < -0.39 is 0 Å². The van der Waals surface area contributed by atoms with E-state index in [9.17, 15) is 0 Å². The molecule has 0 spiro atoms. The Hall–Kier alpha value is -1.38. The highest BCUT2D eigenvalue weighted by atomic mass is 35.5. The molecule has 0 fully saturated rings. The lowest BCUT2D eigenvalue weighted by Gasteiger charge is -2.14. The van der Waals surface area contributed by atoms with Crippen molar-refractivity contribution in [1.82, 2.24) is 10.3 Å². The van der Waals surface area contributed by atoms with Crippen molar-refractivity contribution in [3.63, 3.8) is 0 Å². The Balaban J connectivity index is 2.42. The van der Waals surface area contributed by atoms with E-state index in [0.717, 1.165) is 11.6 Å². The Morgan fingerprint density at radius 3 is 2.68 bits per heavy atom. The highest BCUT2D eigenvalue weighted by Crippen LogP contribution is 2.28. The van der Waals surface area contributed by atoms with E-state index in [4.69, 9.17) is 11.6 Å². The summed E-state index contributed by atoms with van der Waals surface area (Å²) in [7, 11) is 0. The molecular formula is C16H19ClN2. The number of aryl methyl sites for hydroxylation is 1. The van der Waals surface area contributed by atoms with Crippen LogP contribution in [-0.2, 0) is 6.54 Å². The van der Waals surface area contributed by atoms with Gasteiger partial charge in [0.1, 0.15) is 0 Å². The average molecular weight is 275 g/mol. The highest BCUT2D eigenvalue weighted by Gasteiger charge is 2.08. The lowest BCUT2D eigenvalue weighted by molar-refractivity contribution is 0.589. The molecule has 0 aliphatic heterocycles. The number of aromatic nitrogens is 1. The molecule has 1 aromatic heterocycles.